The zero-order valence-corrected chi connectivity index (χ0v) is 13.5. The molecule has 6 nitrogen and oxygen atoms in total. The molecule has 0 bridgehead atoms. The van der Waals surface area contributed by atoms with Gasteiger partial charge in [0.25, 0.3) is 5.89 Å². The fraction of sp³-hybridized carbons (Fsp3) is 0.529. The van der Waals surface area contributed by atoms with Gasteiger partial charge in [-0.15, -0.1) is 0 Å². The smallest absolute Gasteiger partial charge is 0.250 e. The van der Waals surface area contributed by atoms with Crippen LogP contribution in [-0.4, -0.2) is 41.7 Å². The van der Waals surface area contributed by atoms with Crippen molar-refractivity contribution in [1.82, 2.24) is 20.4 Å². The Labute approximate surface area is 135 Å². The summed E-state index contributed by atoms with van der Waals surface area (Å²) >= 11 is 0. The Morgan fingerprint density at radius 3 is 3.00 bits per heavy atom. The molecule has 0 aromatic carbocycles. The van der Waals surface area contributed by atoms with E-state index in [2.05, 4.69) is 40.4 Å². The van der Waals surface area contributed by atoms with Gasteiger partial charge in [0.15, 0.2) is 5.82 Å². The summed E-state index contributed by atoms with van der Waals surface area (Å²) in [7, 11) is 2.08. The maximum atomic E-state index is 5.85. The Morgan fingerprint density at radius 1 is 1.35 bits per heavy atom. The van der Waals surface area contributed by atoms with E-state index in [-0.39, 0.29) is 6.04 Å². The van der Waals surface area contributed by atoms with E-state index in [1.807, 2.05) is 18.2 Å². The van der Waals surface area contributed by atoms with E-state index in [4.69, 9.17) is 8.94 Å². The maximum Gasteiger partial charge on any atom is 0.250 e. The van der Waals surface area contributed by atoms with Crippen LogP contribution in [-0.2, 0) is 0 Å². The Hall–Kier alpha value is -1.92. The molecule has 1 saturated carbocycles. The highest BCUT2D eigenvalue weighted by Crippen LogP contribution is 2.47. The SMILES string of the molecule is CC1CC1c1ccc(/C=C/c2nc(C3CNCCN3C)no2)o1. The molecule has 0 amide bonds. The Kier molecular flexibility index (Phi) is 3.79. The predicted octanol–water partition coefficient (Wildman–Crippen LogP) is 2.53. The molecule has 1 N–H and O–H groups in total. The van der Waals surface area contributed by atoms with E-state index >= 15 is 0 Å². The highest BCUT2D eigenvalue weighted by Gasteiger charge is 2.36. The first kappa shape index (κ1) is 14.7. The predicted molar refractivity (Wildman–Crippen MR) is 86.7 cm³/mol. The minimum absolute atomic E-state index is 0.168. The van der Waals surface area contributed by atoms with Gasteiger partial charge in [0.2, 0.25) is 0 Å². The number of nitrogens with one attached hydrogen (secondary N) is 1. The second-order valence-corrected chi connectivity index (χ2v) is 6.58. The summed E-state index contributed by atoms with van der Waals surface area (Å²) in [5.74, 6) is 4.50. The summed E-state index contributed by atoms with van der Waals surface area (Å²) in [6.07, 6.45) is 4.93. The van der Waals surface area contributed by atoms with E-state index < -0.39 is 0 Å². The monoisotopic (exact) mass is 314 g/mol. The third-order valence-corrected chi connectivity index (χ3v) is 4.78. The molecule has 0 radical (unpaired) electrons. The standard InChI is InChI=1S/C17H22N4O2/c1-11-9-13(11)15-5-3-12(22-15)4-6-16-19-17(20-23-16)14-10-18-7-8-21(14)2/h3-6,11,13-14,18H,7-10H2,1-2H3/b6-4+. The number of hydrogen-bond acceptors (Lipinski definition) is 6. The van der Waals surface area contributed by atoms with Crippen LogP contribution in [0.5, 0.6) is 0 Å². The summed E-state index contributed by atoms with van der Waals surface area (Å²) in [5, 5.41) is 7.46. The first-order valence-corrected chi connectivity index (χ1v) is 8.23. The largest absolute Gasteiger partial charge is 0.461 e. The third kappa shape index (κ3) is 3.09. The lowest BCUT2D eigenvalue weighted by Crippen LogP contribution is -2.44. The van der Waals surface area contributed by atoms with Gasteiger partial charge in [-0.1, -0.05) is 12.1 Å². The molecule has 122 valence electrons. The van der Waals surface area contributed by atoms with Crippen LogP contribution in [0.4, 0.5) is 0 Å². The van der Waals surface area contributed by atoms with Crippen LogP contribution in [0.25, 0.3) is 12.2 Å². The number of aromatic nitrogens is 2. The average molecular weight is 314 g/mol. The molecule has 2 fully saturated rings. The molecule has 2 aliphatic rings. The molecule has 4 rings (SSSR count). The number of piperazine rings is 1. The van der Waals surface area contributed by atoms with Crippen molar-refractivity contribution in [3.8, 4) is 0 Å². The van der Waals surface area contributed by atoms with Crippen LogP contribution >= 0.6 is 0 Å². The Bertz CT molecular complexity index is 705. The molecular formula is C17H22N4O2. The molecule has 0 spiro atoms. The van der Waals surface area contributed by atoms with Gasteiger partial charge in [0, 0.05) is 31.6 Å². The number of furan rings is 1. The van der Waals surface area contributed by atoms with E-state index in [9.17, 15) is 0 Å². The molecule has 3 unspecified atom stereocenters. The minimum atomic E-state index is 0.168. The van der Waals surface area contributed by atoms with Crippen LogP contribution in [0.1, 0.15) is 48.5 Å². The second kappa shape index (κ2) is 5.94. The molecular weight excluding hydrogens is 292 g/mol. The lowest BCUT2D eigenvalue weighted by atomic mass is 10.2. The highest BCUT2D eigenvalue weighted by molar-refractivity contribution is 5.63. The topological polar surface area (TPSA) is 67.3 Å². The number of nitrogens with zero attached hydrogens (tertiary/aromatic N) is 3. The zero-order chi connectivity index (χ0) is 15.8. The maximum absolute atomic E-state index is 5.85. The number of likely N-dealkylation sites (N-methyl/N-ethyl adjacent to an activating group) is 1. The summed E-state index contributed by atoms with van der Waals surface area (Å²) < 4.78 is 11.2. The molecule has 3 atom stereocenters. The van der Waals surface area contributed by atoms with E-state index in [0.717, 1.165) is 42.9 Å². The van der Waals surface area contributed by atoms with Crippen molar-refractivity contribution in [2.45, 2.75) is 25.3 Å². The first-order chi connectivity index (χ1) is 11.2. The summed E-state index contributed by atoms with van der Waals surface area (Å²) in [4.78, 5) is 6.72. The van der Waals surface area contributed by atoms with E-state index in [1.54, 1.807) is 0 Å². The first-order valence-electron chi connectivity index (χ1n) is 8.23. The van der Waals surface area contributed by atoms with Crippen LogP contribution in [0.3, 0.4) is 0 Å². The van der Waals surface area contributed by atoms with Crippen molar-refractivity contribution in [2.75, 3.05) is 26.7 Å². The van der Waals surface area contributed by atoms with Crippen LogP contribution in [0.15, 0.2) is 21.1 Å². The molecule has 1 saturated heterocycles. The minimum Gasteiger partial charge on any atom is -0.461 e. The van der Waals surface area contributed by atoms with Gasteiger partial charge < -0.3 is 14.3 Å². The van der Waals surface area contributed by atoms with Gasteiger partial charge in [-0.2, -0.15) is 4.98 Å². The fourth-order valence-electron chi connectivity index (χ4n) is 3.07. The van der Waals surface area contributed by atoms with Gasteiger partial charge in [-0.25, -0.2) is 0 Å². The molecule has 6 heteroatoms. The number of rotatable bonds is 4. The molecule has 3 heterocycles. The van der Waals surface area contributed by atoms with Crippen LogP contribution in [0.2, 0.25) is 0 Å². The van der Waals surface area contributed by atoms with E-state index in [0.29, 0.717) is 11.8 Å². The second-order valence-electron chi connectivity index (χ2n) is 6.58. The van der Waals surface area contributed by atoms with Crippen LogP contribution in [0, 0.1) is 5.92 Å². The average Bonchev–Trinajstić information content (AvgIpc) is 2.96. The summed E-state index contributed by atoms with van der Waals surface area (Å²) in [6, 6.07) is 4.23. The highest BCUT2D eigenvalue weighted by atomic mass is 16.5. The van der Waals surface area contributed by atoms with Gasteiger partial charge in [-0.3, -0.25) is 4.90 Å². The van der Waals surface area contributed by atoms with Gasteiger partial charge >= 0.3 is 0 Å². The van der Waals surface area contributed by atoms with Crippen molar-refractivity contribution in [2.24, 2.45) is 5.92 Å². The van der Waals surface area contributed by atoms with Crippen molar-refractivity contribution in [1.29, 1.82) is 0 Å². The normalized spacial score (nSPS) is 28.5. The van der Waals surface area contributed by atoms with Gasteiger partial charge in [0.1, 0.15) is 11.5 Å². The van der Waals surface area contributed by atoms with Gasteiger partial charge in [0.05, 0.1) is 6.04 Å². The summed E-state index contributed by atoms with van der Waals surface area (Å²) in [6.45, 7) is 5.08. The Balaban J connectivity index is 1.43. The summed E-state index contributed by atoms with van der Waals surface area (Å²) in [5.41, 5.74) is 0. The molecule has 1 aliphatic heterocycles. The fourth-order valence-corrected chi connectivity index (χ4v) is 3.07. The van der Waals surface area contributed by atoms with Gasteiger partial charge in [-0.05, 0) is 37.6 Å². The van der Waals surface area contributed by atoms with Crippen molar-refractivity contribution >= 4 is 12.2 Å². The molecule has 2 aromatic heterocycles. The van der Waals surface area contributed by atoms with Crippen LogP contribution < -0.4 is 5.32 Å². The van der Waals surface area contributed by atoms with Crippen molar-refractivity contribution < 1.29 is 8.94 Å². The lowest BCUT2D eigenvalue weighted by Gasteiger charge is -2.30. The molecule has 2 aromatic rings. The quantitative estimate of drug-likeness (QED) is 0.935. The zero-order valence-electron chi connectivity index (χ0n) is 13.5. The number of hydrogen-bond donors (Lipinski definition) is 1. The lowest BCUT2D eigenvalue weighted by molar-refractivity contribution is 0.190. The third-order valence-electron chi connectivity index (χ3n) is 4.78. The van der Waals surface area contributed by atoms with Crippen molar-refractivity contribution in [3.05, 3.63) is 35.4 Å². The van der Waals surface area contributed by atoms with E-state index in [1.165, 1.54) is 6.42 Å². The Morgan fingerprint density at radius 2 is 2.22 bits per heavy atom. The molecule has 1 aliphatic carbocycles. The van der Waals surface area contributed by atoms with Crippen molar-refractivity contribution in [3.63, 3.8) is 0 Å². The molecule has 23 heavy (non-hydrogen) atoms.